The Kier molecular flexibility index (Phi) is 7.44. The van der Waals surface area contributed by atoms with E-state index in [4.69, 9.17) is 9.84 Å². The van der Waals surface area contributed by atoms with Crippen molar-refractivity contribution in [1.82, 2.24) is 4.90 Å². The number of hydrogen-bond donors (Lipinski definition) is 1. The zero-order valence-electron chi connectivity index (χ0n) is 19.0. The van der Waals surface area contributed by atoms with Gasteiger partial charge in [0.05, 0.1) is 12.3 Å². The zero-order chi connectivity index (χ0) is 23.0. The SMILES string of the molecule is CC#C[C@@H](CC(=O)O)c1ccc(OCc2ccc(CCN3Cc4ccccc4C3)cc2)cc1. The van der Waals surface area contributed by atoms with Gasteiger partial charge >= 0.3 is 5.97 Å². The number of benzene rings is 3. The molecule has 0 saturated carbocycles. The molecule has 1 aliphatic heterocycles. The van der Waals surface area contributed by atoms with Gasteiger partial charge in [0.25, 0.3) is 0 Å². The van der Waals surface area contributed by atoms with Gasteiger partial charge in [0.2, 0.25) is 0 Å². The van der Waals surface area contributed by atoms with Crippen LogP contribution in [0.3, 0.4) is 0 Å². The smallest absolute Gasteiger partial charge is 0.304 e. The first-order valence-electron chi connectivity index (χ1n) is 11.3. The van der Waals surface area contributed by atoms with E-state index in [1.54, 1.807) is 6.92 Å². The predicted molar refractivity (Wildman–Crippen MR) is 130 cm³/mol. The molecule has 168 valence electrons. The fourth-order valence-corrected chi connectivity index (χ4v) is 4.22. The molecule has 0 unspecified atom stereocenters. The standard InChI is InChI=1S/C29H29NO3/c1-2-5-25(18-29(31)32)24-12-14-28(15-13-24)33-21-23-10-8-22(9-11-23)16-17-30-19-26-6-3-4-7-27(26)20-30/h3-4,6-15,25H,16-21H2,1H3,(H,31,32)/t25-/m0/s1. The third-order valence-corrected chi connectivity index (χ3v) is 6.03. The van der Waals surface area contributed by atoms with Crippen molar-refractivity contribution < 1.29 is 14.6 Å². The molecule has 1 N–H and O–H groups in total. The van der Waals surface area contributed by atoms with E-state index in [0.29, 0.717) is 6.61 Å². The summed E-state index contributed by atoms with van der Waals surface area (Å²) >= 11 is 0. The maximum absolute atomic E-state index is 11.1. The van der Waals surface area contributed by atoms with Crippen LogP contribution in [0, 0.1) is 11.8 Å². The van der Waals surface area contributed by atoms with E-state index in [-0.39, 0.29) is 12.3 Å². The van der Waals surface area contributed by atoms with Crippen LogP contribution in [0.25, 0.3) is 0 Å². The van der Waals surface area contributed by atoms with Gasteiger partial charge in [-0.3, -0.25) is 9.69 Å². The Balaban J connectivity index is 1.25. The second kappa shape index (κ2) is 10.8. The van der Waals surface area contributed by atoms with E-state index in [1.807, 2.05) is 24.3 Å². The number of aliphatic carboxylic acids is 1. The van der Waals surface area contributed by atoms with E-state index in [1.165, 1.54) is 16.7 Å². The van der Waals surface area contributed by atoms with Gasteiger partial charge in [-0.1, -0.05) is 66.6 Å². The van der Waals surface area contributed by atoms with E-state index < -0.39 is 5.97 Å². The highest BCUT2D eigenvalue weighted by atomic mass is 16.5. The third-order valence-electron chi connectivity index (χ3n) is 6.03. The summed E-state index contributed by atoms with van der Waals surface area (Å²) in [6, 6.07) is 24.9. The minimum atomic E-state index is -0.850. The third kappa shape index (κ3) is 6.25. The number of rotatable bonds is 9. The molecule has 1 atom stereocenters. The Morgan fingerprint density at radius 2 is 1.61 bits per heavy atom. The molecule has 33 heavy (non-hydrogen) atoms. The highest BCUT2D eigenvalue weighted by molar-refractivity contribution is 5.69. The van der Waals surface area contributed by atoms with Crippen molar-refractivity contribution in [2.24, 2.45) is 0 Å². The van der Waals surface area contributed by atoms with E-state index >= 15 is 0 Å². The van der Waals surface area contributed by atoms with Crippen molar-refractivity contribution in [3.63, 3.8) is 0 Å². The highest BCUT2D eigenvalue weighted by Gasteiger charge is 2.17. The monoisotopic (exact) mass is 439 g/mol. The lowest BCUT2D eigenvalue weighted by Crippen LogP contribution is -2.19. The topological polar surface area (TPSA) is 49.8 Å². The first kappa shape index (κ1) is 22.6. The summed E-state index contributed by atoms with van der Waals surface area (Å²) in [4.78, 5) is 13.6. The molecule has 0 fully saturated rings. The molecule has 0 aromatic heterocycles. The second-order valence-corrected chi connectivity index (χ2v) is 8.45. The predicted octanol–water partition coefficient (Wildman–Crippen LogP) is 5.41. The number of carboxylic acid groups (broad SMARTS) is 1. The molecule has 0 spiro atoms. The van der Waals surface area contributed by atoms with Crippen LogP contribution >= 0.6 is 0 Å². The van der Waals surface area contributed by atoms with Crippen molar-refractivity contribution in [2.45, 2.75) is 45.4 Å². The largest absolute Gasteiger partial charge is 0.489 e. The lowest BCUT2D eigenvalue weighted by molar-refractivity contribution is -0.137. The number of carbonyl (C=O) groups is 1. The molecule has 4 rings (SSSR count). The van der Waals surface area contributed by atoms with Crippen LogP contribution < -0.4 is 4.74 Å². The summed E-state index contributed by atoms with van der Waals surface area (Å²) in [7, 11) is 0. The Bertz CT molecular complexity index is 1110. The zero-order valence-corrected chi connectivity index (χ0v) is 19.0. The molecule has 3 aromatic rings. The van der Waals surface area contributed by atoms with Crippen LogP contribution in [0.5, 0.6) is 5.75 Å². The molecule has 4 nitrogen and oxygen atoms in total. The molecule has 1 heterocycles. The summed E-state index contributed by atoms with van der Waals surface area (Å²) in [5.74, 6) is 5.40. The van der Waals surface area contributed by atoms with E-state index in [2.05, 4.69) is 65.3 Å². The first-order valence-corrected chi connectivity index (χ1v) is 11.3. The van der Waals surface area contributed by atoms with Crippen LogP contribution in [0.4, 0.5) is 0 Å². The number of nitrogens with zero attached hydrogens (tertiary/aromatic N) is 1. The number of ether oxygens (including phenoxy) is 1. The van der Waals surface area contributed by atoms with Crippen molar-refractivity contribution in [3.05, 3.63) is 101 Å². The van der Waals surface area contributed by atoms with Crippen LogP contribution in [0.15, 0.2) is 72.8 Å². The summed E-state index contributed by atoms with van der Waals surface area (Å²) in [6.45, 7) is 5.37. The lowest BCUT2D eigenvalue weighted by atomic mass is 9.96. The van der Waals surface area contributed by atoms with Crippen LogP contribution in [0.1, 0.15) is 47.1 Å². The van der Waals surface area contributed by atoms with Crippen molar-refractivity contribution in [3.8, 4) is 17.6 Å². The molecule has 0 bridgehead atoms. The van der Waals surface area contributed by atoms with Crippen molar-refractivity contribution >= 4 is 5.97 Å². The quantitative estimate of drug-likeness (QED) is 0.453. The Morgan fingerprint density at radius 1 is 0.970 bits per heavy atom. The van der Waals surface area contributed by atoms with E-state index in [9.17, 15) is 4.79 Å². The molecule has 0 amide bonds. The Labute approximate surface area is 195 Å². The summed E-state index contributed by atoms with van der Waals surface area (Å²) in [6.07, 6.45) is 1.03. The molecule has 0 saturated heterocycles. The number of carboxylic acids is 1. The van der Waals surface area contributed by atoms with Gasteiger partial charge in [0.1, 0.15) is 12.4 Å². The highest BCUT2D eigenvalue weighted by Crippen LogP contribution is 2.24. The van der Waals surface area contributed by atoms with E-state index in [0.717, 1.165) is 42.9 Å². The normalized spacial score (nSPS) is 13.6. The molecule has 1 aliphatic rings. The average Bonchev–Trinajstić information content (AvgIpc) is 3.25. The lowest BCUT2D eigenvalue weighted by Gasteiger charge is -2.15. The summed E-state index contributed by atoms with van der Waals surface area (Å²) < 4.78 is 5.92. The summed E-state index contributed by atoms with van der Waals surface area (Å²) in [5, 5.41) is 9.09. The van der Waals surface area contributed by atoms with Crippen molar-refractivity contribution in [1.29, 1.82) is 0 Å². The fourth-order valence-electron chi connectivity index (χ4n) is 4.22. The van der Waals surface area contributed by atoms with Gasteiger partial charge in [0.15, 0.2) is 0 Å². The van der Waals surface area contributed by atoms with Gasteiger partial charge in [-0.05, 0) is 53.3 Å². The van der Waals surface area contributed by atoms with Gasteiger partial charge in [-0.25, -0.2) is 0 Å². The average molecular weight is 440 g/mol. The maximum Gasteiger partial charge on any atom is 0.304 e. The van der Waals surface area contributed by atoms with Gasteiger partial charge < -0.3 is 9.84 Å². The molecule has 0 aliphatic carbocycles. The minimum Gasteiger partial charge on any atom is -0.489 e. The molecule has 0 radical (unpaired) electrons. The maximum atomic E-state index is 11.1. The van der Waals surface area contributed by atoms with Gasteiger partial charge in [0, 0.05) is 19.6 Å². The molecular formula is C29H29NO3. The van der Waals surface area contributed by atoms with Gasteiger partial charge in [-0.2, -0.15) is 0 Å². The molecule has 3 aromatic carbocycles. The van der Waals surface area contributed by atoms with Crippen molar-refractivity contribution in [2.75, 3.05) is 6.54 Å². The first-order chi connectivity index (χ1) is 16.1. The Morgan fingerprint density at radius 3 is 2.21 bits per heavy atom. The van der Waals surface area contributed by atoms with Gasteiger partial charge in [-0.15, -0.1) is 5.92 Å². The van der Waals surface area contributed by atoms with Crippen LogP contribution in [-0.4, -0.2) is 22.5 Å². The number of fused-ring (bicyclic) bond motifs is 1. The van der Waals surface area contributed by atoms with Crippen LogP contribution in [-0.2, 0) is 30.9 Å². The van der Waals surface area contributed by atoms with Crippen LogP contribution in [0.2, 0.25) is 0 Å². The number of hydrogen-bond acceptors (Lipinski definition) is 3. The molecule has 4 heteroatoms. The Hall–Kier alpha value is -3.55. The molecular weight excluding hydrogens is 410 g/mol. The summed E-state index contributed by atoms with van der Waals surface area (Å²) in [5.41, 5.74) is 6.25. The minimum absolute atomic E-state index is 0.00190. The second-order valence-electron chi connectivity index (χ2n) is 8.45. The fraction of sp³-hybridized carbons (Fsp3) is 0.276.